The number of anilines is 2. The van der Waals surface area contributed by atoms with Crippen molar-refractivity contribution in [2.75, 3.05) is 10.6 Å². The van der Waals surface area contributed by atoms with E-state index in [2.05, 4.69) is 10.6 Å². The highest BCUT2D eigenvalue weighted by Crippen LogP contribution is 2.23. The predicted molar refractivity (Wildman–Crippen MR) is 76.8 cm³/mol. The van der Waals surface area contributed by atoms with Crippen molar-refractivity contribution in [1.82, 2.24) is 0 Å². The minimum Gasteiger partial charge on any atom is -0.318 e. The van der Waals surface area contributed by atoms with E-state index in [0.29, 0.717) is 0 Å². The number of para-hydroxylation sites is 2. The lowest BCUT2D eigenvalue weighted by Crippen LogP contribution is -2.29. The highest BCUT2D eigenvalue weighted by Gasteiger charge is 2.19. The zero-order chi connectivity index (χ0) is 16.1. The first kappa shape index (κ1) is 15.1. The lowest BCUT2D eigenvalue weighted by molar-refractivity contribution is -0.383. The normalized spacial score (nSPS) is 9.86. The average molecular weight is 303 g/mol. The molecule has 0 bridgehead atoms. The number of nitrogens with zero attached hydrogens (tertiary/aromatic N) is 1. The monoisotopic (exact) mass is 303 g/mol. The van der Waals surface area contributed by atoms with Gasteiger partial charge in [0.1, 0.15) is 11.5 Å². The lowest BCUT2D eigenvalue weighted by Gasteiger charge is -2.06. The van der Waals surface area contributed by atoms with Gasteiger partial charge in [0, 0.05) is 11.8 Å². The Balaban J connectivity index is 2.07. The largest absolute Gasteiger partial charge is 0.318 e. The molecule has 0 fully saturated rings. The van der Waals surface area contributed by atoms with Crippen LogP contribution in [0.15, 0.2) is 48.5 Å². The van der Waals surface area contributed by atoms with Gasteiger partial charge < -0.3 is 10.6 Å². The van der Waals surface area contributed by atoms with E-state index in [0.717, 1.165) is 12.1 Å². The van der Waals surface area contributed by atoms with Crippen LogP contribution in [0, 0.1) is 15.9 Å². The van der Waals surface area contributed by atoms with Crippen LogP contribution in [-0.4, -0.2) is 16.7 Å². The number of carbonyl (C=O) groups is 2. The first-order chi connectivity index (χ1) is 10.5. The Morgan fingerprint density at radius 2 is 1.55 bits per heavy atom. The van der Waals surface area contributed by atoms with E-state index in [1.165, 1.54) is 36.4 Å². The molecule has 22 heavy (non-hydrogen) atoms. The first-order valence-electron chi connectivity index (χ1n) is 6.08. The molecule has 2 aromatic carbocycles. The Morgan fingerprint density at radius 1 is 0.955 bits per heavy atom. The summed E-state index contributed by atoms with van der Waals surface area (Å²) in [7, 11) is 0. The van der Waals surface area contributed by atoms with E-state index in [4.69, 9.17) is 0 Å². The van der Waals surface area contributed by atoms with Gasteiger partial charge in [-0.15, -0.1) is 0 Å². The van der Waals surface area contributed by atoms with Crippen LogP contribution in [-0.2, 0) is 9.59 Å². The van der Waals surface area contributed by atoms with Gasteiger partial charge in [-0.05, 0) is 30.3 Å². The Morgan fingerprint density at radius 3 is 2.18 bits per heavy atom. The maximum Gasteiger partial charge on any atom is 0.314 e. The van der Waals surface area contributed by atoms with Crippen molar-refractivity contribution in [3.63, 3.8) is 0 Å². The van der Waals surface area contributed by atoms with Gasteiger partial charge in [-0.25, -0.2) is 4.39 Å². The molecule has 0 unspecified atom stereocenters. The van der Waals surface area contributed by atoms with Gasteiger partial charge in [0.15, 0.2) is 0 Å². The van der Waals surface area contributed by atoms with Crippen molar-refractivity contribution in [2.45, 2.75) is 0 Å². The summed E-state index contributed by atoms with van der Waals surface area (Å²) in [6.45, 7) is 0. The van der Waals surface area contributed by atoms with Crippen LogP contribution >= 0.6 is 0 Å². The molecule has 0 radical (unpaired) electrons. The topological polar surface area (TPSA) is 101 Å². The minimum atomic E-state index is -1.07. The van der Waals surface area contributed by atoms with Crippen LogP contribution in [0.25, 0.3) is 0 Å². The van der Waals surface area contributed by atoms with Gasteiger partial charge >= 0.3 is 11.8 Å². The van der Waals surface area contributed by atoms with Crippen molar-refractivity contribution in [3.8, 4) is 0 Å². The van der Waals surface area contributed by atoms with Crippen molar-refractivity contribution >= 4 is 28.9 Å². The zero-order valence-electron chi connectivity index (χ0n) is 11.1. The molecule has 0 aliphatic carbocycles. The number of benzene rings is 2. The molecule has 0 spiro atoms. The predicted octanol–water partition coefficient (Wildman–Crippen LogP) is 2.31. The summed E-state index contributed by atoms with van der Waals surface area (Å²) in [6, 6.07) is 10.2. The third kappa shape index (κ3) is 3.63. The molecule has 0 atom stereocenters. The fourth-order valence-electron chi connectivity index (χ4n) is 1.64. The number of nitrogens with one attached hydrogen (secondary N) is 2. The second-order valence-electron chi connectivity index (χ2n) is 4.19. The van der Waals surface area contributed by atoms with E-state index in [9.17, 15) is 24.1 Å². The Hall–Kier alpha value is -3.29. The number of carbonyl (C=O) groups excluding carboxylic acids is 2. The number of rotatable bonds is 3. The van der Waals surface area contributed by atoms with E-state index in [1.54, 1.807) is 0 Å². The smallest absolute Gasteiger partial charge is 0.314 e. The molecule has 2 N–H and O–H groups in total. The molecular formula is C14H10FN3O4. The molecule has 0 saturated carbocycles. The highest BCUT2D eigenvalue weighted by atomic mass is 19.1. The van der Waals surface area contributed by atoms with Crippen molar-refractivity contribution in [2.24, 2.45) is 0 Å². The van der Waals surface area contributed by atoms with Crippen LogP contribution in [0.1, 0.15) is 0 Å². The number of hydrogen-bond donors (Lipinski definition) is 2. The standard InChI is InChI=1S/C14H10FN3O4/c15-9-5-7-10(8-6-9)16-13(19)14(20)17-11-3-1-2-4-12(11)18(21)22/h1-8H,(H,16,19)(H,17,20). The quantitative estimate of drug-likeness (QED) is 0.516. The third-order valence-electron chi connectivity index (χ3n) is 2.66. The van der Waals surface area contributed by atoms with Gasteiger partial charge in [-0.3, -0.25) is 19.7 Å². The summed E-state index contributed by atoms with van der Waals surface area (Å²) in [5.74, 6) is -2.58. The van der Waals surface area contributed by atoms with Crippen LogP contribution in [0.3, 0.4) is 0 Å². The lowest BCUT2D eigenvalue weighted by atomic mass is 10.2. The summed E-state index contributed by atoms with van der Waals surface area (Å²) in [5, 5.41) is 15.2. The third-order valence-corrected chi connectivity index (χ3v) is 2.66. The summed E-state index contributed by atoms with van der Waals surface area (Å²) in [4.78, 5) is 33.6. The minimum absolute atomic E-state index is 0.0910. The summed E-state index contributed by atoms with van der Waals surface area (Å²) < 4.78 is 12.7. The summed E-state index contributed by atoms with van der Waals surface area (Å²) >= 11 is 0. The molecule has 8 heteroatoms. The molecule has 0 heterocycles. The number of amides is 2. The van der Waals surface area contributed by atoms with Gasteiger partial charge in [-0.2, -0.15) is 0 Å². The molecule has 2 aromatic rings. The summed E-state index contributed by atoms with van der Waals surface area (Å²) in [6.07, 6.45) is 0. The second-order valence-corrected chi connectivity index (χ2v) is 4.19. The fraction of sp³-hybridized carbons (Fsp3) is 0. The van der Waals surface area contributed by atoms with Crippen molar-refractivity contribution in [1.29, 1.82) is 0 Å². The SMILES string of the molecule is O=C(Nc1ccc(F)cc1)C(=O)Nc1ccccc1[N+](=O)[O-]. The van der Waals surface area contributed by atoms with Crippen LogP contribution in [0.4, 0.5) is 21.5 Å². The van der Waals surface area contributed by atoms with E-state index < -0.39 is 22.6 Å². The molecule has 112 valence electrons. The molecule has 2 amide bonds. The van der Waals surface area contributed by atoms with Crippen LogP contribution in [0.2, 0.25) is 0 Å². The molecule has 0 saturated heterocycles. The average Bonchev–Trinajstić information content (AvgIpc) is 2.49. The van der Waals surface area contributed by atoms with Gasteiger partial charge in [0.2, 0.25) is 0 Å². The van der Waals surface area contributed by atoms with Crippen LogP contribution in [0.5, 0.6) is 0 Å². The molecule has 2 rings (SSSR count). The molecule has 0 aliphatic heterocycles. The molecular weight excluding hydrogens is 293 g/mol. The second kappa shape index (κ2) is 6.44. The Kier molecular flexibility index (Phi) is 4.42. The van der Waals surface area contributed by atoms with Crippen molar-refractivity contribution in [3.05, 3.63) is 64.5 Å². The molecule has 7 nitrogen and oxygen atoms in total. The highest BCUT2D eigenvalue weighted by molar-refractivity contribution is 6.43. The van der Waals surface area contributed by atoms with Crippen LogP contribution < -0.4 is 10.6 Å². The van der Waals surface area contributed by atoms with E-state index >= 15 is 0 Å². The Bertz CT molecular complexity index is 731. The number of nitro benzene ring substituents is 1. The Labute approximate surface area is 123 Å². The van der Waals surface area contributed by atoms with Crippen molar-refractivity contribution < 1.29 is 18.9 Å². The van der Waals surface area contributed by atoms with E-state index in [-0.39, 0.29) is 17.1 Å². The molecule has 0 aromatic heterocycles. The first-order valence-corrected chi connectivity index (χ1v) is 6.08. The van der Waals surface area contributed by atoms with E-state index in [1.807, 2.05) is 0 Å². The maximum atomic E-state index is 12.7. The van der Waals surface area contributed by atoms with Gasteiger partial charge in [-0.1, -0.05) is 12.1 Å². The number of nitro groups is 1. The summed E-state index contributed by atoms with van der Waals surface area (Å²) in [5.41, 5.74) is -0.193. The van der Waals surface area contributed by atoms with Gasteiger partial charge in [0.25, 0.3) is 5.69 Å². The number of halogens is 1. The zero-order valence-corrected chi connectivity index (χ0v) is 11.1. The molecule has 0 aliphatic rings. The van der Waals surface area contributed by atoms with Gasteiger partial charge in [0.05, 0.1) is 4.92 Å². The fourth-order valence-corrected chi connectivity index (χ4v) is 1.64. The maximum absolute atomic E-state index is 12.7. The number of hydrogen-bond acceptors (Lipinski definition) is 4.